The molecule has 146 valence electrons. The number of aromatic nitrogens is 3. The van der Waals surface area contributed by atoms with Crippen molar-refractivity contribution in [3.63, 3.8) is 0 Å². The molecule has 0 atom stereocenters. The first-order chi connectivity index (χ1) is 13.3. The predicted octanol–water partition coefficient (Wildman–Crippen LogP) is 3.20. The van der Waals surface area contributed by atoms with E-state index in [4.69, 9.17) is 5.73 Å². The van der Waals surface area contributed by atoms with E-state index in [2.05, 4.69) is 20.9 Å². The minimum Gasteiger partial charge on any atom is -0.328 e. The van der Waals surface area contributed by atoms with Gasteiger partial charge in [0.05, 0.1) is 17.3 Å². The average molecular weight is 447 g/mol. The molecule has 0 amide bonds. The van der Waals surface area contributed by atoms with E-state index in [-0.39, 0.29) is 23.1 Å². The van der Waals surface area contributed by atoms with E-state index in [0.717, 1.165) is 35.1 Å². The maximum Gasteiger partial charge on any atom is 0.337 e. The molecule has 4 rings (SSSR count). The zero-order valence-corrected chi connectivity index (χ0v) is 16.9. The van der Waals surface area contributed by atoms with Gasteiger partial charge in [-0.25, -0.2) is 18.7 Å². The van der Waals surface area contributed by atoms with Crippen LogP contribution in [0.5, 0.6) is 0 Å². The van der Waals surface area contributed by atoms with Crippen molar-refractivity contribution in [2.24, 2.45) is 5.73 Å². The number of aryl methyl sites for hydroxylation is 1. The summed E-state index contributed by atoms with van der Waals surface area (Å²) in [7, 11) is 0. The number of halogens is 2. The molecule has 6 nitrogen and oxygen atoms in total. The quantitative estimate of drug-likeness (QED) is 0.654. The predicted molar refractivity (Wildman–Crippen MR) is 109 cm³/mol. The van der Waals surface area contributed by atoms with E-state index < -0.39 is 17.1 Å². The van der Waals surface area contributed by atoms with E-state index in [1.807, 2.05) is 19.1 Å². The number of fused-ring (bicyclic) bond motifs is 1. The van der Waals surface area contributed by atoms with Crippen LogP contribution in [0.3, 0.4) is 0 Å². The molecule has 1 aromatic carbocycles. The summed E-state index contributed by atoms with van der Waals surface area (Å²) >= 11 is 3.45. The number of benzene rings is 1. The Kier molecular flexibility index (Phi) is 4.93. The number of nitrogens with two attached hydrogens (primary N) is 1. The van der Waals surface area contributed by atoms with Gasteiger partial charge in [0.15, 0.2) is 5.65 Å². The fraction of sp³-hybridized carbons (Fsp3) is 0.350. The molecule has 8 heteroatoms. The molecule has 0 saturated heterocycles. The summed E-state index contributed by atoms with van der Waals surface area (Å²) in [5.74, 6) is -0.613. The molecular formula is C20H20BrFN4O2. The topological polar surface area (TPSA) is 82.9 Å². The monoisotopic (exact) mass is 446 g/mol. The van der Waals surface area contributed by atoms with Gasteiger partial charge in [-0.05, 0) is 62.4 Å². The van der Waals surface area contributed by atoms with E-state index in [1.54, 1.807) is 6.07 Å². The molecule has 0 spiro atoms. The SMILES string of the molecule is Cc1cc(Br)cc(-n2c(=O)n(C3CCC(N)CC3)c(=O)c3cc(F)cnc32)c1. The van der Waals surface area contributed by atoms with Crippen LogP contribution in [0.4, 0.5) is 4.39 Å². The molecule has 0 unspecified atom stereocenters. The highest BCUT2D eigenvalue weighted by Crippen LogP contribution is 2.27. The number of pyridine rings is 1. The van der Waals surface area contributed by atoms with Crippen LogP contribution < -0.4 is 17.0 Å². The van der Waals surface area contributed by atoms with E-state index >= 15 is 0 Å². The lowest BCUT2D eigenvalue weighted by atomic mass is 9.91. The molecule has 28 heavy (non-hydrogen) atoms. The van der Waals surface area contributed by atoms with Gasteiger partial charge in [0.25, 0.3) is 5.56 Å². The number of hydrogen-bond acceptors (Lipinski definition) is 4. The summed E-state index contributed by atoms with van der Waals surface area (Å²) in [6.45, 7) is 1.91. The highest BCUT2D eigenvalue weighted by atomic mass is 79.9. The van der Waals surface area contributed by atoms with Gasteiger partial charge in [-0.2, -0.15) is 0 Å². The van der Waals surface area contributed by atoms with Crippen LogP contribution in [-0.2, 0) is 0 Å². The summed E-state index contributed by atoms with van der Waals surface area (Å²) in [5, 5.41) is 0.0899. The van der Waals surface area contributed by atoms with Gasteiger partial charge < -0.3 is 5.73 Å². The Bertz CT molecular complexity index is 1160. The molecule has 1 aliphatic rings. The van der Waals surface area contributed by atoms with Crippen LogP contribution in [-0.4, -0.2) is 20.2 Å². The minimum atomic E-state index is -0.613. The lowest BCUT2D eigenvalue weighted by molar-refractivity contribution is 0.309. The Morgan fingerprint density at radius 2 is 1.86 bits per heavy atom. The van der Waals surface area contributed by atoms with Gasteiger partial charge in [-0.15, -0.1) is 0 Å². The largest absolute Gasteiger partial charge is 0.337 e. The molecular weight excluding hydrogens is 427 g/mol. The second kappa shape index (κ2) is 7.25. The van der Waals surface area contributed by atoms with E-state index in [0.29, 0.717) is 18.5 Å². The van der Waals surface area contributed by atoms with Crippen LogP contribution in [0, 0.1) is 12.7 Å². The smallest absolute Gasteiger partial charge is 0.328 e. The molecule has 0 aliphatic heterocycles. The normalized spacial score (nSPS) is 19.9. The molecule has 2 heterocycles. The maximum absolute atomic E-state index is 13.9. The molecule has 1 fully saturated rings. The van der Waals surface area contributed by atoms with Gasteiger partial charge in [-0.3, -0.25) is 9.36 Å². The number of rotatable bonds is 2. The van der Waals surface area contributed by atoms with Gasteiger partial charge >= 0.3 is 5.69 Å². The summed E-state index contributed by atoms with van der Waals surface area (Å²) < 4.78 is 17.3. The molecule has 0 radical (unpaired) electrons. The van der Waals surface area contributed by atoms with Gasteiger partial charge in [0, 0.05) is 16.6 Å². The molecule has 2 N–H and O–H groups in total. The number of nitrogens with zero attached hydrogens (tertiary/aromatic N) is 3. The third-order valence-electron chi connectivity index (χ3n) is 5.28. The maximum atomic E-state index is 13.9. The van der Waals surface area contributed by atoms with Crippen LogP contribution in [0.2, 0.25) is 0 Å². The molecule has 2 aromatic heterocycles. The summed E-state index contributed by atoms with van der Waals surface area (Å²) in [4.78, 5) is 30.6. The Balaban J connectivity index is 2.06. The lowest BCUT2D eigenvalue weighted by Gasteiger charge is -2.28. The van der Waals surface area contributed by atoms with Gasteiger partial charge in [0.1, 0.15) is 5.82 Å². The minimum absolute atomic E-state index is 0.0847. The Labute approximate surface area is 168 Å². The standard InChI is InChI=1S/C20H20BrFN4O2/c1-11-6-12(21)8-16(7-11)25-18-17(9-13(22)10-24-18)19(27)26(20(25)28)15-4-2-14(23)3-5-15/h6-10,14-15H,2-5,23H2,1H3. The Hall–Kier alpha value is -2.32. The third-order valence-corrected chi connectivity index (χ3v) is 5.74. The summed E-state index contributed by atoms with van der Waals surface area (Å²) in [6, 6.07) is 6.51. The zero-order valence-electron chi connectivity index (χ0n) is 15.4. The Morgan fingerprint density at radius 3 is 2.54 bits per heavy atom. The Morgan fingerprint density at radius 1 is 1.14 bits per heavy atom. The third kappa shape index (κ3) is 3.31. The van der Waals surface area contributed by atoms with Gasteiger partial charge in [-0.1, -0.05) is 15.9 Å². The zero-order chi connectivity index (χ0) is 20.0. The number of hydrogen-bond donors (Lipinski definition) is 1. The van der Waals surface area contributed by atoms with Crippen molar-refractivity contribution in [1.29, 1.82) is 0 Å². The fourth-order valence-electron chi connectivity index (χ4n) is 3.94. The highest BCUT2D eigenvalue weighted by molar-refractivity contribution is 9.10. The lowest BCUT2D eigenvalue weighted by Crippen LogP contribution is -2.44. The highest BCUT2D eigenvalue weighted by Gasteiger charge is 2.26. The molecule has 1 saturated carbocycles. The van der Waals surface area contributed by atoms with E-state index in [1.165, 1.54) is 9.13 Å². The average Bonchev–Trinajstić information content (AvgIpc) is 2.63. The van der Waals surface area contributed by atoms with Crippen molar-refractivity contribution in [3.8, 4) is 5.69 Å². The second-order valence-electron chi connectivity index (χ2n) is 7.37. The van der Waals surface area contributed by atoms with Crippen molar-refractivity contribution in [1.82, 2.24) is 14.1 Å². The summed E-state index contributed by atoms with van der Waals surface area (Å²) in [6.07, 6.45) is 3.79. The first kappa shape index (κ1) is 19.0. The van der Waals surface area contributed by atoms with E-state index in [9.17, 15) is 14.0 Å². The molecule has 3 aromatic rings. The van der Waals surface area contributed by atoms with Crippen molar-refractivity contribution >= 4 is 27.0 Å². The van der Waals surface area contributed by atoms with Crippen LogP contribution >= 0.6 is 15.9 Å². The first-order valence-corrected chi connectivity index (χ1v) is 10.0. The fourth-order valence-corrected chi connectivity index (χ4v) is 4.54. The van der Waals surface area contributed by atoms with Crippen LogP contribution in [0.25, 0.3) is 16.7 Å². The van der Waals surface area contributed by atoms with Crippen LogP contribution in [0.15, 0.2) is 44.5 Å². The molecule has 0 bridgehead atoms. The summed E-state index contributed by atoms with van der Waals surface area (Å²) in [5.41, 5.74) is 6.67. The van der Waals surface area contributed by atoms with Crippen molar-refractivity contribution in [2.75, 3.05) is 0 Å². The first-order valence-electron chi connectivity index (χ1n) is 9.21. The van der Waals surface area contributed by atoms with Crippen LogP contribution in [0.1, 0.15) is 37.3 Å². The molecule has 1 aliphatic carbocycles. The second-order valence-corrected chi connectivity index (χ2v) is 8.29. The van der Waals surface area contributed by atoms with Crippen molar-refractivity contribution in [2.45, 2.75) is 44.7 Å². The van der Waals surface area contributed by atoms with Crippen molar-refractivity contribution < 1.29 is 4.39 Å². The van der Waals surface area contributed by atoms with Crippen molar-refractivity contribution in [3.05, 3.63) is 67.2 Å². The van der Waals surface area contributed by atoms with Gasteiger partial charge in [0.2, 0.25) is 0 Å².